The summed E-state index contributed by atoms with van der Waals surface area (Å²) in [5.41, 5.74) is 2.22. The van der Waals surface area contributed by atoms with Crippen LogP contribution in [0.25, 0.3) is 11.0 Å². The number of carbonyl (C=O) groups is 2. The van der Waals surface area contributed by atoms with E-state index in [0.29, 0.717) is 31.7 Å². The molecule has 2 saturated heterocycles. The van der Waals surface area contributed by atoms with E-state index >= 15 is 0 Å². The van der Waals surface area contributed by atoms with Gasteiger partial charge in [0.2, 0.25) is 5.91 Å². The fraction of sp³-hybridized carbons (Fsp3) is 0.500. The lowest BCUT2D eigenvalue weighted by Gasteiger charge is -2.36. The topological polar surface area (TPSA) is 74.6 Å². The summed E-state index contributed by atoms with van der Waals surface area (Å²) in [6.45, 7) is 7.47. The first-order valence-electron chi connectivity index (χ1n) is 11.7. The van der Waals surface area contributed by atoms with Crippen LogP contribution in [0.1, 0.15) is 40.2 Å². The summed E-state index contributed by atoms with van der Waals surface area (Å²) in [6.07, 6.45) is 5.20. The molecule has 33 heavy (non-hydrogen) atoms. The van der Waals surface area contributed by atoms with Gasteiger partial charge in [0.15, 0.2) is 5.65 Å². The van der Waals surface area contributed by atoms with Gasteiger partial charge in [-0.25, -0.2) is 9.67 Å². The first kappa shape index (κ1) is 22.0. The number of likely N-dealkylation sites (tertiary alicyclic amines) is 1. The highest BCUT2D eigenvalue weighted by Crippen LogP contribution is 2.22. The average molecular weight is 467 g/mol. The van der Waals surface area contributed by atoms with Crippen molar-refractivity contribution < 1.29 is 9.59 Å². The van der Waals surface area contributed by atoms with Gasteiger partial charge in [0.25, 0.3) is 5.91 Å². The minimum absolute atomic E-state index is 0.0168. The first-order valence-corrected chi connectivity index (χ1v) is 12.6. The molecular formula is C24H30N6O2S. The van der Waals surface area contributed by atoms with Crippen LogP contribution in [0.15, 0.2) is 29.8 Å². The Morgan fingerprint density at radius 3 is 2.55 bits per heavy atom. The molecule has 0 unspecified atom stereocenters. The number of aryl methyl sites for hydroxylation is 1. The van der Waals surface area contributed by atoms with E-state index in [1.54, 1.807) is 17.5 Å². The summed E-state index contributed by atoms with van der Waals surface area (Å²) in [7, 11) is 0. The van der Waals surface area contributed by atoms with E-state index in [1.807, 2.05) is 33.5 Å². The molecular weight excluding hydrogens is 436 g/mol. The lowest BCUT2D eigenvalue weighted by atomic mass is 10.1. The van der Waals surface area contributed by atoms with Gasteiger partial charge in [-0.1, -0.05) is 6.07 Å². The summed E-state index contributed by atoms with van der Waals surface area (Å²) in [5, 5.41) is 7.37. The zero-order valence-corrected chi connectivity index (χ0v) is 19.9. The number of hydrogen-bond donors (Lipinski definition) is 0. The minimum Gasteiger partial charge on any atom is -0.342 e. The Bertz CT molecular complexity index is 1130. The van der Waals surface area contributed by atoms with Crippen LogP contribution in [0.3, 0.4) is 0 Å². The monoisotopic (exact) mass is 466 g/mol. The quantitative estimate of drug-likeness (QED) is 0.578. The van der Waals surface area contributed by atoms with Crippen LogP contribution in [0.2, 0.25) is 0 Å². The predicted molar refractivity (Wildman–Crippen MR) is 128 cm³/mol. The number of fused-ring (bicyclic) bond motifs is 1. The van der Waals surface area contributed by atoms with Gasteiger partial charge in [-0.3, -0.25) is 14.5 Å². The van der Waals surface area contributed by atoms with E-state index in [-0.39, 0.29) is 11.8 Å². The number of piperidine rings is 1. The Hall–Kier alpha value is -2.78. The molecule has 0 aliphatic carbocycles. The Balaban J connectivity index is 1.25. The molecule has 9 heteroatoms. The largest absolute Gasteiger partial charge is 0.342 e. The zero-order chi connectivity index (χ0) is 22.8. The SMILES string of the molecule is Cc1cc(C(=O)N2CCN(CC(=O)N3CCCCC3)CC2)c2cnn(Cc3cccs3)c2n1. The second-order valence-electron chi connectivity index (χ2n) is 8.94. The van der Waals surface area contributed by atoms with E-state index < -0.39 is 0 Å². The molecule has 3 aromatic rings. The van der Waals surface area contributed by atoms with Crippen LogP contribution in [-0.2, 0) is 11.3 Å². The Labute approximate surface area is 197 Å². The second kappa shape index (κ2) is 9.61. The number of amides is 2. The fourth-order valence-electron chi connectivity index (χ4n) is 4.73. The highest BCUT2D eigenvalue weighted by atomic mass is 32.1. The summed E-state index contributed by atoms with van der Waals surface area (Å²) in [4.78, 5) is 38.0. The smallest absolute Gasteiger partial charge is 0.254 e. The van der Waals surface area contributed by atoms with Gasteiger partial charge in [-0.15, -0.1) is 11.3 Å². The van der Waals surface area contributed by atoms with Gasteiger partial charge in [-0.05, 0) is 43.7 Å². The van der Waals surface area contributed by atoms with Gasteiger partial charge in [-0.2, -0.15) is 5.10 Å². The van der Waals surface area contributed by atoms with Crippen LogP contribution in [0.4, 0.5) is 0 Å². The number of pyridine rings is 1. The van der Waals surface area contributed by atoms with Gasteiger partial charge in [0.05, 0.1) is 30.2 Å². The molecule has 3 aromatic heterocycles. The number of hydrogen-bond acceptors (Lipinski definition) is 6. The normalized spacial score (nSPS) is 17.6. The molecule has 2 aliphatic heterocycles. The van der Waals surface area contributed by atoms with Crippen molar-refractivity contribution in [2.75, 3.05) is 45.8 Å². The van der Waals surface area contributed by atoms with Gasteiger partial charge >= 0.3 is 0 Å². The molecule has 0 radical (unpaired) electrons. The molecule has 0 spiro atoms. The van der Waals surface area contributed by atoms with E-state index in [1.165, 1.54) is 11.3 Å². The zero-order valence-electron chi connectivity index (χ0n) is 19.1. The molecule has 0 bridgehead atoms. The summed E-state index contributed by atoms with van der Waals surface area (Å²) in [6, 6.07) is 5.97. The van der Waals surface area contributed by atoms with Crippen molar-refractivity contribution in [3.8, 4) is 0 Å². The maximum absolute atomic E-state index is 13.4. The second-order valence-corrected chi connectivity index (χ2v) is 9.97. The third kappa shape index (κ3) is 4.79. The number of carbonyl (C=O) groups excluding carboxylic acids is 2. The van der Waals surface area contributed by atoms with Crippen molar-refractivity contribution in [2.24, 2.45) is 0 Å². The molecule has 2 amide bonds. The highest BCUT2D eigenvalue weighted by molar-refractivity contribution is 7.09. The van der Waals surface area contributed by atoms with E-state index in [2.05, 4.69) is 26.4 Å². The van der Waals surface area contributed by atoms with Gasteiger partial charge in [0.1, 0.15) is 0 Å². The van der Waals surface area contributed by atoms with E-state index in [4.69, 9.17) is 0 Å². The number of nitrogens with zero attached hydrogens (tertiary/aromatic N) is 6. The van der Waals surface area contributed by atoms with E-state index in [0.717, 1.165) is 55.7 Å². The number of rotatable bonds is 5. The Kier molecular flexibility index (Phi) is 6.41. The van der Waals surface area contributed by atoms with Gasteiger partial charge in [0, 0.05) is 49.8 Å². The summed E-state index contributed by atoms with van der Waals surface area (Å²) in [5.74, 6) is 0.238. The standard InChI is InChI=1S/C24H30N6O2S/c1-18-14-20(21-15-25-30(23(21)26-18)16-19-6-5-13-33-19)24(32)29-11-9-27(10-12-29)17-22(31)28-7-3-2-4-8-28/h5-6,13-15H,2-4,7-12,16-17H2,1H3. The molecule has 2 aliphatic rings. The lowest BCUT2D eigenvalue weighted by molar-refractivity contribution is -0.133. The lowest BCUT2D eigenvalue weighted by Crippen LogP contribution is -2.52. The van der Waals surface area contributed by atoms with Crippen LogP contribution in [-0.4, -0.2) is 87.1 Å². The van der Waals surface area contributed by atoms with Crippen molar-refractivity contribution in [2.45, 2.75) is 32.7 Å². The third-order valence-corrected chi connectivity index (χ3v) is 7.44. The fourth-order valence-corrected chi connectivity index (χ4v) is 5.42. The molecule has 174 valence electrons. The molecule has 2 fully saturated rings. The minimum atomic E-state index is 0.0168. The van der Waals surface area contributed by atoms with Crippen LogP contribution in [0, 0.1) is 6.92 Å². The van der Waals surface area contributed by atoms with Crippen LogP contribution < -0.4 is 0 Å². The molecule has 0 aromatic carbocycles. The molecule has 0 saturated carbocycles. The number of piperazine rings is 1. The van der Waals surface area contributed by atoms with Gasteiger partial charge < -0.3 is 9.80 Å². The molecule has 5 rings (SSSR count). The van der Waals surface area contributed by atoms with Crippen molar-refractivity contribution in [3.05, 3.63) is 45.9 Å². The van der Waals surface area contributed by atoms with Crippen LogP contribution in [0.5, 0.6) is 0 Å². The van der Waals surface area contributed by atoms with Crippen LogP contribution >= 0.6 is 11.3 Å². The highest BCUT2D eigenvalue weighted by Gasteiger charge is 2.27. The molecule has 0 atom stereocenters. The molecule has 8 nitrogen and oxygen atoms in total. The van der Waals surface area contributed by atoms with Crippen molar-refractivity contribution in [1.82, 2.24) is 29.5 Å². The Morgan fingerprint density at radius 2 is 1.82 bits per heavy atom. The number of aromatic nitrogens is 3. The summed E-state index contributed by atoms with van der Waals surface area (Å²) >= 11 is 1.68. The first-order chi connectivity index (χ1) is 16.1. The molecule has 5 heterocycles. The Morgan fingerprint density at radius 1 is 1.03 bits per heavy atom. The van der Waals surface area contributed by atoms with E-state index in [9.17, 15) is 9.59 Å². The molecule has 0 N–H and O–H groups in total. The maximum Gasteiger partial charge on any atom is 0.254 e. The van der Waals surface area contributed by atoms with Crippen molar-refractivity contribution >= 4 is 34.2 Å². The number of thiophene rings is 1. The summed E-state index contributed by atoms with van der Waals surface area (Å²) < 4.78 is 1.87. The van der Waals surface area contributed by atoms with Crippen molar-refractivity contribution in [1.29, 1.82) is 0 Å². The maximum atomic E-state index is 13.4. The third-order valence-electron chi connectivity index (χ3n) is 6.58. The van der Waals surface area contributed by atoms with Crippen molar-refractivity contribution in [3.63, 3.8) is 0 Å². The predicted octanol–water partition coefficient (Wildman–Crippen LogP) is 2.62. The average Bonchev–Trinajstić information content (AvgIpc) is 3.50.